The molecule has 2 saturated carbocycles. The Hall–Kier alpha value is -1.76. The third-order valence-electron chi connectivity index (χ3n) is 5.23. The zero-order chi connectivity index (χ0) is 18.9. The molecule has 3 rings (SSSR count). The van der Waals surface area contributed by atoms with Crippen LogP contribution >= 0.6 is 11.6 Å². The van der Waals surface area contributed by atoms with Gasteiger partial charge in [-0.1, -0.05) is 18.0 Å². The summed E-state index contributed by atoms with van der Waals surface area (Å²) in [6.45, 7) is -0.524. The molecule has 2 bridgehead atoms. The van der Waals surface area contributed by atoms with Crippen LogP contribution in [0.25, 0.3) is 0 Å². The van der Waals surface area contributed by atoms with Crippen LogP contribution < -0.4 is 5.32 Å². The van der Waals surface area contributed by atoms with Crippen molar-refractivity contribution < 1.29 is 27.5 Å². The number of amides is 1. The van der Waals surface area contributed by atoms with Crippen LogP contribution in [0.5, 0.6) is 0 Å². The molecule has 2 aliphatic carbocycles. The minimum atomic E-state index is -4.62. The van der Waals surface area contributed by atoms with Gasteiger partial charge in [0, 0.05) is 12.1 Å². The first-order valence-electron chi connectivity index (χ1n) is 8.54. The van der Waals surface area contributed by atoms with E-state index < -0.39 is 35.2 Å². The number of carbonyl (C=O) groups is 2. The van der Waals surface area contributed by atoms with E-state index in [1.54, 1.807) is 0 Å². The number of rotatable bonds is 5. The van der Waals surface area contributed by atoms with Crippen LogP contribution in [0.4, 0.5) is 18.9 Å². The highest BCUT2D eigenvalue weighted by Crippen LogP contribution is 2.49. The Bertz CT molecular complexity index is 707. The molecule has 1 amide bonds. The van der Waals surface area contributed by atoms with E-state index in [0.717, 1.165) is 25.0 Å². The topological polar surface area (TPSA) is 55.4 Å². The highest BCUT2D eigenvalue weighted by atomic mass is 35.5. The number of alkyl halides is 3. The summed E-state index contributed by atoms with van der Waals surface area (Å²) >= 11 is 5.53. The van der Waals surface area contributed by atoms with Crippen molar-refractivity contribution in [3.8, 4) is 0 Å². The van der Waals surface area contributed by atoms with Gasteiger partial charge >= 0.3 is 12.1 Å². The molecule has 3 atom stereocenters. The Morgan fingerprint density at radius 3 is 2.62 bits per heavy atom. The van der Waals surface area contributed by atoms with Crippen molar-refractivity contribution in [1.29, 1.82) is 0 Å². The van der Waals surface area contributed by atoms with Gasteiger partial charge in [-0.3, -0.25) is 9.59 Å². The molecule has 0 saturated heterocycles. The zero-order valence-corrected chi connectivity index (χ0v) is 14.7. The molecule has 26 heavy (non-hydrogen) atoms. The van der Waals surface area contributed by atoms with E-state index in [1.807, 2.05) is 0 Å². The summed E-state index contributed by atoms with van der Waals surface area (Å²) in [4.78, 5) is 23.7. The number of nitrogens with one attached hydrogen (secondary N) is 1. The quantitative estimate of drug-likeness (QED) is 0.745. The van der Waals surface area contributed by atoms with Gasteiger partial charge in [-0.25, -0.2) is 0 Å². The van der Waals surface area contributed by atoms with E-state index in [4.69, 9.17) is 16.3 Å². The number of esters is 1. The lowest BCUT2D eigenvalue weighted by molar-refractivity contribution is -0.148. The molecule has 0 aliphatic heterocycles. The number of benzene rings is 1. The molecular formula is C18H19ClF3NO3. The summed E-state index contributed by atoms with van der Waals surface area (Å²) in [6.07, 6.45) is 0.285. The van der Waals surface area contributed by atoms with Crippen molar-refractivity contribution in [1.82, 2.24) is 0 Å². The lowest BCUT2D eigenvalue weighted by Crippen LogP contribution is -2.23. The highest BCUT2D eigenvalue weighted by Gasteiger charge is 2.40. The van der Waals surface area contributed by atoms with Crippen LogP contribution in [-0.2, 0) is 20.5 Å². The van der Waals surface area contributed by atoms with Crippen LogP contribution in [0.1, 0.15) is 37.7 Å². The maximum atomic E-state index is 12.8. The largest absolute Gasteiger partial charge is 0.456 e. The van der Waals surface area contributed by atoms with Gasteiger partial charge < -0.3 is 10.1 Å². The van der Waals surface area contributed by atoms with Crippen molar-refractivity contribution in [3.05, 3.63) is 28.8 Å². The maximum absolute atomic E-state index is 12.8. The first-order valence-corrected chi connectivity index (χ1v) is 8.92. The van der Waals surface area contributed by atoms with Gasteiger partial charge in [0.1, 0.15) is 0 Å². The second kappa shape index (κ2) is 7.47. The lowest BCUT2D eigenvalue weighted by atomic mass is 9.86. The number of ether oxygens (including phenoxy) is 1. The predicted octanol–water partition coefficient (Wildman–Crippen LogP) is 4.67. The Morgan fingerprint density at radius 1 is 1.23 bits per heavy atom. The Kier molecular flexibility index (Phi) is 5.46. The van der Waals surface area contributed by atoms with Crippen LogP contribution in [0.3, 0.4) is 0 Å². The average Bonchev–Trinajstić information content (AvgIpc) is 3.16. The molecule has 1 aromatic rings. The lowest BCUT2D eigenvalue weighted by Gasteiger charge is -2.20. The fourth-order valence-electron chi connectivity index (χ4n) is 4.06. The van der Waals surface area contributed by atoms with Crippen LogP contribution in [-0.4, -0.2) is 18.5 Å². The van der Waals surface area contributed by atoms with Crippen molar-refractivity contribution in [3.63, 3.8) is 0 Å². The fraction of sp³-hybridized carbons (Fsp3) is 0.556. The normalized spacial score (nSPS) is 24.5. The summed E-state index contributed by atoms with van der Waals surface area (Å²) in [5.74, 6) is 0.492. The van der Waals surface area contributed by atoms with Gasteiger partial charge in [0.2, 0.25) is 0 Å². The minimum Gasteiger partial charge on any atom is -0.456 e. The first kappa shape index (κ1) is 19.0. The number of anilines is 1. The van der Waals surface area contributed by atoms with E-state index in [-0.39, 0.29) is 5.69 Å². The van der Waals surface area contributed by atoms with Gasteiger partial charge in [-0.05, 0) is 55.2 Å². The monoisotopic (exact) mass is 389 g/mol. The van der Waals surface area contributed by atoms with E-state index in [1.165, 1.54) is 18.9 Å². The third-order valence-corrected chi connectivity index (χ3v) is 5.56. The molecule has 0 radical (unpaired) electrons. The Labute approximate surface area is 154 Å². The fourth-order valence-corrected chi connectivity index (χ4v) is 4.29. The Balaban J connectivity index is 1.47. The molecule has 8 heteroatoms. The number of hydrogen-bond donors (Lipinski definition) is 1. The minimum absolute atomic E-state index is 0.0594. The summed E-state index contributed by atoms with van der Waals surface area (Å²) in [6, 6.07) is 3.06. The van der Waals surface area contributed by atoms with Gasteiger partial charge in [-0.2, -0.15) is 13.2 Å². The standard InChI is InChI=1S/C18H19ClF3NO3/c19-15-4-3-13(8-14(15)18(20,21)22)23-16(24)9-26-17(25)7-12-6-10-1-2-11(12)5-10/h3-4,8,10-12H,1-2,5-7,9H2,(H,23,24)/t10-,11-,12+/m1/s1. The van der Waals surface area contributed by atoms with E-state index in [2.05, 4.69) is 5.32 Å². The number of fused-ring (bicyclic) bond motifs is 2. The Morgan fingerprint density at radius 2 is 2.00 bits per heavy atom. The summed E-state index contributed by atoms with van der Waals surface area (Å²) < 4.78 is 43.4. The third kappa shape index (κ3) is 4.50. The molecule has 0 spiro atoms. The molecule has 142 valence electrons. The smallest absolute Gasteiger partial charge is 0.417 e. The highest BCUT2D eigenvalue weighted by molar-refractivity contribution is 6.31. The predicted molar refractivity (Wildman–Crippen MR) is 89.6 cm³/mol. The van der Waals surface area contributed by atoms with E-state index >= 15 is 0 Å². The average molecular weight is 390 g/mol. The molecular weight excluding hydrogens is 371 g/mol. The van der Waals surface area contributed by atoms with Crippen molar-refractivity contribution in [2.24, 2.45) is 17.8 Å². The molecule has 0 heterocycles. The van der Waals surface area contributed by atoms with Gasteiger partial charge in [0.25, 0.3) is 5.91 Å². The zero-order valence-electron chi connectivity index (χ0n) is 13.9. The van der Waals surface area contributed by atoms with Gasteiger partial charge in [0.15, 0.2) is 6.61 Å². The molecule has 1 aromatic carbocycles. The molecule has 0 unspecified atom stereocenters. The second-order valence-electron chi connectivity index (χ2n) is 7.04. The first-order chi connectivity index (χ1) is 12.2. The summed E-state index contributed by atoms with van der Waals surface area (Å²) in [7, 11) is 0. The van der Waals surface area contributed by atoms with Crippen LogP contribution in [0.2, 0.25) is 5.02 Å². The number of hydrogen-bond acceptors (Lipinski definition) is 3. The SMILES string of the molecule is O=C(COC(=O)C[C@@H]1C[C@@H]2CC[C@@H]1C2)Nc1ccc(Cl)c(C(F)(F)F)c1. The number of carbonyl (C=O) groups excluding carboxylic acids is 2. The van der Waals surface area contributed by atoms with Crippen LogP contribution in [0.15, 0.2) is 18.2 Å². The number of halogens is 4. The maximum Gasteiger partial charge on any atom is 0.417 e. The van der Waals surface area contributed by atoms with Gasteiger partial charge in [-0.15, -0.1) is 0 Å². The summed E-state index contributed by atoms with van der Waals surface area (Å²) in [5.41, 5.74) is -1.10. The van der Waals surface area contributed by atoms with Crippen molar-refractivity contribution >= 4 is 29.2 Å². The van der Waals surface area contributed by atoms with E-state index in [9.17, 15) is 22.8 Å². The van der Waals surface area contributed by atoms with E-state index in [0.29, 0.717) is 24.2 Å². The second-order valence-corrected chi connectivity index (χ2v) is 7.45. The molecule has 4 nitrogen and oxygen atoms in total. The molecule has 0 aromatic heterocycles. The van der Waals surface area contributed by atoms with Gasteiger partial charge in [0.05, 0.1) is 10.6 Å². The van der Waals surface area contributed by atoms with Crippen molar-refractivity contribution in [2.45, 2.75) is 38.3 Å². The molecule has 2 aliphatic rings. The van der Waals surface area contributed by atoms with Crippen LogP contribution in [0, 0.1) is 17.8 Å². The summed E-state index contributed by atoms with van der Waals surface area (Å²) in [5, 5.41) is 1.83. The molecule has 2 fully saturated rings. The van der Waals surface area contributed by atoms with Crippen molar-refractivity contribution in [2.75, 3.05) is 11.9 Å². The molecule has 1 N–H and O–H groups in total.